The van der Waals surface area contributed by atoms with Crippen molar-refractivity contribution >= 4 is 0 Å². The van der Waals surface area contributed by atoms with Crippen LogP contribution in [0.4, 0.5) is 0 Å². The van der Waals surface area contributed by atoms with Gasteiger partial charge in [0.2, 0.25) is 0 Å². The van der Waals surface area contributed by atoms with Gasteiger partial charge < -0.3 is 10.6 Å². The maximum absolute atomic E-state index is 6.11. The Bertz CT molecular complexity index is 447. The first kappa shape index (κ1) is 15.1. The number of rotatable bonds is 4. The standard InChI is InChI=1S/C19H30N2/c20-14-19(15-21-11-5-1-2-6-12-21)18-10-9-16-7-3-4-8-17(16)13-18/h9-10,13,19H,1-8,11-12,14-15,20H2. The topological polar surface area (TPSA) is 29.3 Å². The number of benzene rings is 1. The van der Waals surface area contributed by atoms with E-state index in [1.165, 1.54) is 70.0 Å². The van der Waals surface area contributed by atoms with Gasteiger partial charge in [-0.1, -0.05) is 31.0 Å². The SMILES string of the molecule is NCC(CN1CCCCCC1)c1ccc2c(c1)CCCC2. The monoisotopic (exact) mass is 286 g/mol. The van der Waals surface area contributed by atoms with Crippen LogP contribution in [0.2, 0.25) is 0 Å². The van der Waals surface area contributed by atoms with Gasteiger partial charge in [0.05, 0.1) is 0 Å². The average molecular weight is 286 g/mol. The van der Waals surface area contributed by atoms with Gasteiger partial charge in [-0.05, 0) is 68.3 Å². The van der Waals surface area contributed by atoms with Crippen LogP contribution in [0.25, 0.3) is 0 Å². The molecule has 0 radical (unpaired) electrons. The van der Waals surface area contributed by atoms with E-state index in [1.54, 1.807) is 11.1 Å². The van der Waals surface area contributed by atoms with Crippen LogP contribution in [0.5, 0.6) is 0 Å². The van der Waals surface area contributed by atoms with Gasteiger partial charge in [-0.15, -0.1) is 0 Å². The highest BCUT2D eigenvalue weighted by Gasteiger charge is 2.18. The van der Waals surface area contributed by atoms with Crippen LogP contribution >= 0.6 is 0 Å². The quantitative estimate of drug-likeness (QED) is 0.918. The molecule has 1 unspecified atom stereocenters. The Kier molecular flexibility index (Phi) is 5.32. The lowest BCUT2D eigenvalue weighted by Gasteiger charge is -2.27. The Morgan fingerprint density at radius 2 is 1.62 bits per heavy atom. The molecule has 0 bridgehead atoms. The zero-order chi connectivity index (χ0) is 14.5. The average Bonchev–Trinajstić information content (AvgIpc) is 2.81. The van der Waals surface area contributed by atoms with E-state index in [-0.39, 0.29) is 0 Å². The molecule has 2 aliphatic rings. The van der Waals surface area contributed by atoms with Gasteiger partial charge in [-0.3, -0.25) is 0 Å². The van der Waals surface area contributed by atoms with Crippen molar-refractivity contribution in [3.63, 3.8) is 0 Å². The first-order chi connectivity index (χ1) is 10.4. The van der Waals surface area contributed by atoms with Crippen LogP contribution in [-0.2, 0) is 12.8 Å². The van der Waals surface area contributed by atoms with Crippen molar-refractivity contribution in [2.24, 2.45) is 5.73 Å². The molecular formula is C19H30N2. The lowest BCUT2D eigenvalue weighted by atomic mass is 9.87. The second kappa shape index (κ2) is 7.42. The van der Waals surface area contributed by atoms with E-state index in [0.717, 1.165) is 13.1 Å². The summed E-state index contributed by atoms with van der Waals surface area (Å²) in [6.07, 6.45) is 10.8. The fraction of sp³-hybridized carbons (Fsp3) is 0.684. The Balaban J connectivity index is 1.70. The van der Waals surface area contributed by atoms with E-state index in [9.17, 15) is 0 Å². The summed E-state index contributed by atoms with van der Waals surface area (Å²) in [5, 5.41) is 0. The lowest BCUT2D eigenvalue weighted by Crippen LogP contribution is -2.32. The van der Waals surface area contributed by atoms with Crippen LogP contribution in [0.15, 0.2) is 18.2 Å². The Labute approximate surface area is 129 Å². The Hall–Kier alpha value is -0.860. The van der Waals surface area contributed by atoms with Crippen LogP contribution in [0.1, 0.15) is 61.1 Å². The first-order valence-electron chi connectivity index (χ1n) is 8.91. The predicted octanol–water partition coefficient (Wildman–Crippen LogP) is 3.48. The van der Waals surface area contributed by atoms with Gasteiger partial charge in [-0.2, -0.15) is 0 Å². The fourth-order valence-electron chi connectivity index (χ4n) is 3.95. The number of fused-ring (bicyclic) bond motifs is 1. The van der Waals surface area contributed by atoms with Crippen LogP contribution in [0, 0.1) is 0 Å². The van der Waals surface area contributed by atoms with E-state index < -0.39 is 0 Å². The van der Waals surface area contributed by atoms with E-state index in [0.29, 0.717) is 5.92 Å². The summed E-state index contributed by atoms with van der Waals surface area (Å²) >= 11 is 0. The molecule has 1 fully saturated rings. The number of hydrogen-bond donors (Lipinski definition) is 1. The van der Waals surface area contributed by atoms with Crippen molar-refractivity contribution in [3.05, 3.63) is 34.9 Å². The highest BCUT2D eigenvalue weighted by Crippen LogP contribution is 2.26. The number of likely N-dealkylation sites (tertiary alicyclic amines) is 1. The normalized spacial score (nSPS) is 21.6. The van der Waals surface area contributed by atoms with E-state index in [4.69, 9.17) is 5.73 Å². The van der Waals surface area contributed by atoms with Crippen LogP contribution in [0.3, 0.4) is 0 Å². The first-order valence-corrected chi connectivity index (χ1v) is 8.91. The van der Waals surface area contributed by atoms with Gasteiger partial charge >= 0.3 is 0 Å². The number of hydrogen-bond acceptors (Lipinski definition) is 2. The summed E-state index contributed by atoms with van der Waals surface area (Å²) in [7, 11) is 0. The number of nitrogens with zero attached hydrogens (tertiary/aromatic N) is 1. The van der Waals surface area contributed by atoms with Gasteiger partial charge in [0.1, 0.15) is 0 Å². The predicted molar refractivity (Wildman–Crippen MR) is 89.8 cm³/mol. The van der Waals surface area contributed by atoms with Crippen molar-refractivity contribution in [2.75, 3.05) is 26.2 Å². The van der Waals surface area contributed by atoms with E-state index >= 15 is 0 Å². The number of nitrogens with two attached hydrogens (primary N) is 1. The zero-order valence-corrected chi connectivity index (χ0v) is 13.3. The molecule has 0 spiro atoms. The second-order valence-electron chi connectivity index (χ2n) is 6.88. The third-order valence-corrected chi connectivity index (χ3v) is 5.31. The Morgan fingerprint density at radius 1 is 0.905 bits per heavy atom. The minimum Gasteiger partial charge on any atom is -0.330 e. The van der Waals surface area contributed by atoms with Gasteiger partial charge in [0.25, 0.3) is 0 Å². The summed E-state index contributed by atoms with van der Waals surface area (Å²) in [6, 6.07) is 7.18. The molecule has 1 atom stereocenters. The smallest absolute Gasteiger partial charge is 0.00889 e. The molecule has 2 N–H and O–H groups in total. The Morgan fingerprint density at radius 3 is 2.33 bits per heavy atom. The molecule has 21 heavy (non-hydrogen) atoms. The van der Waals surface area contributed by atoms with Gasteiger partial charge in [0, 0.05) is 19.0 Å². The molecule has 1 aromatic carbocycles. The summed E-state index contributed by atoms with van der Waals surface area (Å²) in [6.45, 7) is 4.45. The molecule has 2 nitrogen and oxygen atoms in total. The molecule has 0 amide bonds. The maximum atomic E-state index is 6.11. The minimum atomic E-state index is 0.510. The fourth-order valence-corrected chi connectivity index (χ4v) is 3.95. The minimum absolute atomic E-state index is 0.510. The summed E-state index contributed by atoms with van der Waals surface area (Å²) in [5.41, 5.74) is 10.8. The molecule has 1 heterocycles. The van der Waals surface area contributed by atoms with Crippen molar-refractivity contribution < 1.29 is 0 Å². The van der Waals surface area contributed by atoms with E-state index in [1.807, 2.05) is 0 Å². The van der Waals surface area contributed by atoms with Gasteiger partial charge in [-0.25, -0.2) is 0 Å². The molecule has 0 aromatic heterocycles. The molecule has 2 heteroatoms. The van der Waals surface area contributed by atoms with Gasteiger partial charge in [0.15, 0.2) is 0 Å². The van der Waals surface area contributed by atoms with Crippen molar-refractivity contribution in [3.8, 4) is 0 Å². The van der Waals surface area contributed by atoms with E-state index in [2.05, 4.69) is 23.1 Å². The highest BCUT2D eigenvalue weighted by atomic mass is 15.1. The molecule has 3 rings (SSSR count). The van der Waals surface area contributed by atoms with Crippen molar-refractivity contribution in [1.82, 2.24) is 4.90 Å². The maximum Gasteiger partial charge on any atom is 0.00889 e. The molecule has 116 valence electrons. The molecule has 1 aromatic rings. The number of aryl methyl sites for hydroxylation is 2. The largest absolute Gasteiger partial charge is 0.330 e. The molecule has 1 saturated heterocycles. The summed E-state index contributed by atoms with van der Waals surface area (Å²) in [4.78, 5) is 2.64. The van der Waals surface area contributed by atoms with Crippen molar-refractivity contribution in [1.29, 1.82) is 0 Å². The molecule has 0 saturated carbocycles. The molecule has 1 aliphatic heterocycles. The zero-order valence-electron chi connectivity index (χ0n) is 13.3. The van der Waals surface area contributed by atoms with Crippen molar-refractivity contribution in [2.45, 2.75) is 57.3 Å². The second-order valence-corrected chi connectivity index (χ2v) is 6.88. The summed E-state index contributed by atoms with van der Waals surface area (Å²) in [5.74, 6) is 0.510. The summed E-state index contributed by atoms with van der Waals surface area (Å²) < 4.78 is 0. The molecular weight excluding hydrogens is 256 g/mol. The highest BCUT2D eigenvalue weighted by molar-refractivity contribution is 5.35. The van der Waals surface area contributed by atoms with Crippen LogP contribution < -0.4 is 5.73 Å². The lowest BCUT2D eigenvalue weighted by molar-refractivity contribution is 0.267. The van der Waals surface area contributed by atoms with Crippen LogP contribution in [-0.4, -0.2) is 31.1 Å². The third kappa shape index (κ3) is 3.87. The third-order valence-electron chi connectivity index (χ3n) is 5.31. The molecule has 1 aliphatic carbocycles.